The highest BCUT2D eigenvalue weighted by atomic mass is 32.2. The molecule has 2 unspecified atom stereocenters. The van der Waals surface area contributed by atoms with Gasteiger partial charge in [-0.25, -0.2) is 0 Å². The molecule has 0 amide bonds. The van der Waals surface area contributed by atoms with Gasteiger partial charge in [-0.15, -0.1) is 0 Å². The van der Waals surface area contributed by atoms with Crippen molar-refractivity contribution in [2.24, 2.45) is 0 Å². The lowest BCUT2D eigenvalue weighted by Crippen LogP contribution is -2.35. The molecular formula is C8H14O7S. The van der Waals surface area contributed by atoms with Gasteiger partial charge in [-0.2, -0.15) is 8.42 Å². The minimum atomic E-state index is -4.77. The van der Waals surface area contributed by atoms with Crippen LogP contribution >= 0.6 is 0 Å². The summed E-state index contributed by atoms with van der Waals surface area (Å²) < 4.78 is 34.9. The molecule has 8 heteroatoms. The van der Waals surface area contributed by atoms with Crippen LogP contribution < -0.4 is 0 Å². The summed E-state index contributed by atoms with van der Waals surface area (Å²) in [7, 11) is -4.77. The Morgan fingerprint density at radius 1 is 1.38 bits per heavy atom. The summed E-state index contributed by atoms with van der Waals surface area (Å²) in [6.45, 7) is 3.23. The molecule has 7 nitrogen and oxygen atoms in total. The van der Waals surface area contributed by atoms with Crippen LogP contribution in [0.15, 0.2) is 0 Å². The van der Waals surface area contributed by atoms with Crippen LogP contribution in [-0.2, 0) is 24.4 Å². The minimum absolute atomic E-state index is 0.455. The normalized spacial score (nSPS) is 15.2. The van der Waals surface area contributed by atoms with Gasteiger partial charge in [0.25, 0.3) is 10.1 Å². The number of aliphatic carboxylic acids is 1. The first-order chi connectivity index (χ1) is 7.18. The molecular weight excluding hydrogens is 240 g/mol. The fourth-order valence-corrected chi connectivity index (χ4v) is 1.48. The quantitative estimate of drug-likeness (QED) is 0.508. The zero-order chi connectivity index (χ0) is 12.9. The second-order valence-electron chi connectivity index (χ2n) is 3.26. The summed E-state index contributed by atoms with van der Waals surface area (Å²) in [6.07, 6.45) is -1.10. The summed E-state index contributed by atoms with van der Waals surface area (Å²) >= 11 is 0. The average molecular weight is 254 g/mol. The molecule has 0 saturated carbocycles. The van der Waals surface area contributed by atoms with Gasteiger partial charge in [-0.1, -0.05) is 6.92 Å². The standard InChI is InChI=1S/C8H14O7S/c1-3-5(2)15-8(11)6(4-7(9)10)16(12,13)14/h5-6H,3-4H2,1-2H3,(H,9,10)(H,12,13,14). The predicted molar refractivity (Wildman–Crippen MR) is 53.4 cm³/mol. The lowest BCUT2D eigenvalue weighted by Gasteiger charge is -2.15. The number of carboxylic acids is 1. The van der Waals surface area contributed by atoms with Crippen molar-refractivity contribution >= 4 is 22.1 Å². The van der Waals surface area contributed by atoms with Crippen LogP contribution in [0.4, 0.5) is 0 Å². The second-order valence-corrected chi connectivity index (χ2v) is 4.86. The van der Waals surface area contributed by atoms with Gasteiger partial charge in [0.05, 0.1) is 12.5 Å². The largest absolute Gasteiger partial charge is 0.481 e. The van der Waals surface area contributed by atoms with Crippen LogP contribution in [0.5, 0.6) is 0 Å². The Balaban J connectivity index is 4.78. The third kappa shape index (κ3) is 5.08. The number of carbonyl (C=O) groups is 2. The van der Waals surface area contributed by atoms with E-state index in [4.69, 9.17) is 9.66 Å². The van der Waals surface area contributed by atoms with Crippen LogP contribution in [0.2, 0.25) is 0 Å². The van der Waals surface area contributed by atoms with E-state index in [-0.39, 0.29) is 0 Å². The molecule has 0 aliphatic rings. The smallest absolute Gasteiger partial charge is 0.327 e. The summed E-state index contributed by atoms with van der Waals surface area (Å²) in [5.74, 6) is -2.76. The van der Waals surface area contributed by atoms with E-state index in [1.54, 1.807) is 6.92 Å². The molecule has 94 valence electrons. The molecule has 16 heavy (non-hydrogen) atoms. The molecule has 0 rings (SSSR count). The van der Waals surface area contributed by atoms with Gasteiger partial charge < -0.3 is 9.84 Å². The minimum Gasteiger partial charge on any atom is -0.481 e. The number of rotatable bonds is 6. The van der Waals surface area contributed by atoms with Crippen LogP contribution in [-0.4, -0.2) is 41.4 Å². The Hall–Kier alpha value is -1.15. The lowest BCUT2D eigenvalue weighted by atomic mass is 10.3. The summed E-state index contributed by atoms with van der Waals surface area (Å²) in [4.78, 5) is 21.6. The molecule has 0 aliphatic carbocycles. The van der Waals surface area contributed by atoms with E-state index in [1.165, 1.54) is 6.92 Å². The number of hydrogen-bond donors (Lipinski definition) is 2. The van der Waals surface area contributed by atoms with Gasteiger partial charge in [0.2, 0.25) is 0 Å². The van der Waals surface area contributed by atoms with E-state index in [0.29, 0.717) is 6.42 Å². The first kappa shape index (κ1) is 14.8. The molecule has 0 aliphatic heterocycles. The topological polar surface area (TPSA) is 118 Å². The molecule has 0 saturated heterocycles. The van der Waals surface area contributed by atoms with Crippen molar-refractivity contribution in [3.05, 3.63) is 0 Å². The second kappa shape index (κ2) is 5.80. The molecule has 2 atom stereocenters. The monoisotopic (exact) mass is 254 g/mol. The van der Waals surface area contributed by atoms with Crippen LogP contribution in [0, 0.1) is 0 Å². The van der Waals surface area contributed by atoms with E-state index in [9.17, 15) is 18.0 Å². The zero-order valence-corrected chi connectivity index (χ0v) is 9.73. The van der Waals surface area contributed by atoms with Crippen molar-refractivity contribution in [1.29, 1.82) is 0 Å². The molecule has 2 N–H and O–H groups in total. The Morgan fingerprint density at radius 3 is 2.19 bits per heavy atom. The lowest BCUT2D eigenvalue weighted by molar-refractivity contribution is -0.151. The Morgan fingerprint density at radius 2 is 1.88 bits per heavy atom. The van der Waals surface area contributed by atoms with Gasteiger partial charge in [-0.3, -0.25) is 14.1 Å². The van der Waals surface area contributed by atoms with Gasteiger partial charge in [0.1, 0.15) is 0 Å². The summed E-state index contributed by atoms with van der Waals surface area (Å²) in [6, 6.07) is 0. The number of esters is 1. The van der Waals surface area contributed by atoms with Crippen molar-refractivity contribution in [2.45, 2.75) is 38.0 Å². The van der Waals surface area contributed by atoms with Crippen molar-refractivity contribution in [3.63, 3.8) is 0 Å². The third-order valence-corrected chi connectivity index (χ3v) is 2.95. The molecule has 0 aromatic heterocycles. The first-order valence-corrected chi connectivity index (χ1v) is 6.07. The fraction of sp³-hybridized carbons (Fsp3) is 0.750. The van der Waals surface area contributed by atoms with Crippen LogP contribution in [0.1, 0.15) is 26.7 Å². The Bertz CT molecular complexity index is 359. The first-order valence-electron chi connectivity index (χ1n) is 4.57. The van der Waals surface area contributed by atoms with Gasteiger partial charge in [0, 0.05) is 0 Å². The third-order valence-electron chi connectivity index (χ3n) is 1.87. The van der Waals surface area contributed by atoms with E-state index in [2.05, 4.69) is 4.74 Å². The highest BCUT2D eigenvalue weighted by Gasteiger charge is 2.35. The predicted octanol–water partition coefficient (Wildman–Crippen LogP) is 0.0592. The number of carboxylic acid groups (broad SMARTS) is 1. The molecule has 0 aromatic carbocycles. The Kier molecular flexibility index (Phi) is 5.39. The van der Waals surface area contributed by atoms with Crippen molar-refractivity contribution in [3.8, 4) is 0 Å². The van der Waals surface area contributed by atoms with Crippen molar-refractivity contribution < 1.29 is 32.4 Å². The van der Waals surface area contributed by atoms with E-state index < -0.39 is 39.8 Å². The number of carbonyl (C=O) groups excluding carboxylic acids is 1. The van der Waals surface area contributed by atoms with Crippen molar-refractivity contribution in [1.82, 2.24) is 0 Å². The van der Waals surface area contributed by atoms with Crippen LogP contribution in [0.3, 0.4) is 0 Å². The molecule has 0 fully saturated rings. The summed E-state index contributed by atoms with van der Waals surface area (Å²) in [5, 5.41) is 6.33. The fourth-order valence-electron chi connectivity index (χ4n) is 0.826. The number of hydrogen-bond acceptors (Lipinski definition) is 5. The van der Waals surface area contributed by atoms with Crippen molar-refractivity contribution in [2.75, 3.05) is 0 Å². The van der Waals surface area contributed by atoms with E-state index in [0.717, 1.165) is 0 Å². The zero-order valence-electron chi connectivity index (χ0n) is 8.91. The summed E-state index contributed by atoms with van der Waals surface area (Å²) in [5.41, 5.74) is 0. The van der Waals surface area contributed by atoms with Gasteiger partial charge >= 0.3 is 11.9 Å². The molecule has 0 bridgehead atoms. The highest BCUT2D eigenvalue weighted by molar-refractivity contribution is 7.87. The molecule has 0 radical (unpaired) electrons. The van der Waals surface area contributed by atoms with E-state index in [1.807, 2.05) is 0 Å². The molecule has 0 spiro atoms. The maximum atomic E-state index is 11.3. The van der Waals surface area contributed by atoms with Gasteiger partial charge in [-0.05, 0) is 13.3 Å². The SMILES string of the molecule is CCC(C)OC(=O)C(CC(=O)O)S(=O)(=O)O. The maximum Gasteiger partial charge on any atom is 0.327 e. The average Bonchev–Trinajstić information content (AvgIpc) is 2.11. The van der Waals surface area contributed by atoms with Gasteiger partial charge in [0.15, 0.2) is 5.25 Å². The Labute approximate surface area is 93.2 Å². The highest BCUT2D eigenvalue weighted by Crippen LogP contribution is 2.09. The van der Waals surface area contributed by atoms with Crippen LogP contribution in [0.25, 0.3) is 0 Å². The van der Waals surface area contributed by atoms with E-state index >= 15 is 0 Å². The number of ether oxygens (including phenoxy) is 1. The maximum absolute atomic E-state index is 11.3. The molecule has 0 heterocycles. The molecule has 0 aromatic rings.